The number of hydrogen-bond donors (Lipinski definition) is 6. The topological polar surface area (TPSA) is 199 Å². The molecule has 2 heterocycles. The number of nitrogens with zero attached hydrogens (tertiary/aromatic N) is 3. The van der Waals surface area contributed by atoms with Gasteiger partial charge in [-0.05, 0) is 36.5 Å². The summed E-state index contributed by atoms with van der Waals surface area (Å²) < 4.78 is 2.24. The third-order valence-corrected chi connectivity index (χ3v) is 8.24. The quantitative estimate of drug-likeness (QED) is 0.0852. The first-order valence-corrected chi connectivity index (χ1v) is 17.5. The van der Waals surface area contributed by atoms with Gasteiger partial charge in [-0.2, -0.15) is 0 Å². The Morgan fingerprint density at radius 1 is 0.706 bits per heavy atom. The van der Waals surface area contributed by atoms with Gasteiger partial charge in [0.2, 0.25) is 23.6 Å². The highest BCUT2D eigenvalue weighted by Crippen LogP contribution is 2.29. The fourth-order valence-corrected chi connectivity index (χ4v) is 5.45. The SMILES string of the molecule is CCCCc1nc2c(N)nc3ccccc3c2n1CCCCNC(=O)CCC(=O)NCC(=O)NCC(=O)NCc1ccccccc(CN)cc1. The minimum atomic E-state index is -0.510. The molecule has 0 saturated carbocycles. The fraction of sp³-hybridized carbons (Fsp3) is 0.368. The van der Waals surface area contributed by atoms with Gasteiger partial charge >= 0.3 is 0 Å². The Balaban J connectivity index is 1.13. The van der Waals surface area contributed by atoms with Crippen LogP contribution in [-0.4, -0.2) is 57.8 Å². The number of carbonyl (C=O) groups excluding carboxylic acids is 4. The predicted molar refractivity (Wildman–Crippen MR) is 199 cm³/mol. The molecule has 2 aromatic carbocycles. The summed E-state index contributed by atoms with van der Waals surface area (Å²) in [5, 5.41) is 11.6. The van der Waals surface area contributed by atoms with Gasteiger partial charge in [0.1, 0.15) is 11.3 Å². The highest BCUT2D eigenvalue weighted by Gasteiger charge is 2.17. The summed E-state index contributed by atoms with van der Waals surface area (Å²) in [7, 11) is 0. The number of benzene rings is 1. The molecule has 2 aromatic heterocycles. The number of unbranched alkanes of at least 4 members (excludes halogenated alkanes) is 2. The summed E-state index contributed by atoms with van der Waals surface area (Å²) in [6.45, 7) is 3.47. The van der Waals surface area contributed by atoms with Crippen molar-refractivity contribution in [1.29, 1.82) is 0 Å². The predicted octanol–water partition coefficient (Wildman–Crippen LogP) is 3.32. The van der Waals surface area contributed by atoms with E-state index >= 15 is 0 Å². The van der Waals surface area contributed by atoms with E-state index in [1.54, 1.807) is 0 Å². The molecule has 4 rings (SSSR count). The van der Waals surface area contributed by atoms with Gasteiger partial charge in [0, 0.05) is 50.8 Å². The number of carbonyl (C=O) groups is 4. The van der Waals surface area contributed by atoms with E-state index < -0.39 is 11.8 Å². The molecule has 4 aromatic rings. The second-order valence-corrected chi connectivity index (χ2v) is 12.2. The largest absolute Gasteiger partial charge is 0.382 e. The van der Waals surface area contributed by atoms with Gasteiger partial charge in [0.15, 0.2) is 5.82 Å². The van der Waals surface area contributed by atoms with Crippen LogP contribution in [0.2, 0.25) is 0 Å². The number of nitrogens with one attached hydrogen (secondary N) is 4. The first kappa shape index (κ1) is 38.2. The van der Waals surface area contributed by atoms with E-state index in [1.165, 1.54) is 0 Å². The normalized spacial score (nSPS) is 10.8. The van der Waals surface area contributed by atoms with E-state index in [9.17, 15) is 19.2 Å². The number of fused-ring (bicyclic) bond motifs is 3. The van der Waals surface area contributed by atoms with Gasteiger partial charge in [-0.25, -0.2) is 9.97 Å². The van der Waals surface area contributed by atoms with Crippen molar-refractivity contribution in [2.75, 3.05) is 25.4 Å². The maximum absolute atomic E-state index is 12.4. The third kappa shape index (κ3) is 12.1. The van der Waals surface area contributed by atoms with Gasteiger partial charge < -0.3 is 37.3 Å². The number of aryl methyl sites for hydroxylation is 2. The van der Waals surface area contributed by atoms with Crippen molar-refractivity contribution in [3.8, 4) is 0 Å². The molecule has 13 heteroatoms. The van der Waals surface area contributed by atoms with E-state index in [1.807, 2.05) is 72.8 Å². The van der Waals surface area contributed by atoms with Crippen LogP contribution in [0.5, 0.6) is 0 Å². The molecule has 0 fully saturated rings. The maximum atomic E-state index is 12.4. The van der Waals surface area contributed by atoms with E-state index in [-0.39, 0.29) is 44.3 Å². The van der Waals surface area contributed by atoms with E-state index in [0.717, 1.165) is 77.5 Å². The molecule has 0 saturated heterocycles. The summed E-state index contributed by atoms with van der Waals surface area (Å²) in [5.74, 6) is -0.141. The van der Waals surface area contributed by atoms with E-state index in [0.29, 0.717) is 18.9 Å². The first-order valence-electron chi connectivity index (χ1n) is 17.5. The Labute approximate surface area is 298 Å². The fourth-order valence-electron chi connectivity index (χ4n) is 5.45. The number of para-hydroxylation sites is 1. The van der Waals surface area contributed by atoms with Crippen molar-refractivity contribution >= 4 is 51.4 Å². The van der Waals surface area contributed by atoms with Crippen molar-refractivity contribution in [3.63, 3.8) is 0 Å². The van der Waals surface area contributed by atoms with Crippen molar-refractivity contribution in [2.45, 2.75) is 71.5 Å². The highest BCUT2D eigenvalue weighted by molar-refractivity contribution is 6.06. The Morgan fingerprint density at radius 2 is 1.35 bits per heavy atom. The van der Waals surface area contributed by atoms with E-state index in [4.69, 9.17) is 16.5 Å². The summed E-state index contributed by atoms with van der Waals surface area (Å²) in [6.07, 6.45) is 4.41. The molecule has 270 valence electrons. The average Bonchev–Trinajstić information content (AvgIpc) is 3.51. The summed E-state index contributed by atoms with van der Waals surface area (Å²) in [6, 6.07) is 23.0. The minimum Gasteiger partial charge on any atom is -0.382 e. The van der Waals surface area contributed by atoms with Crippen molar-refractivity contribution in [1.82, 2.24) is 35.8 Å². The molecule has 0 atom stereocenters. The molecule has 0 unspecified atom stereocenters. The number of nitrogens with two attached hydrogens (primary N) is 2. The number of pyridine rings is 1. The molecule has 0 aliphatic carbocycles. The van der Waals surface area contributed by atoms with Crippen molar-refractivity contribution in [3.05, 3.63) is 89.7 Å². The number of aromatic nitrogens is 3. The van der Waals surface area contributed by atoms with Crippen LogP contribution < -0.4 is 32.7 Å². The Morgan fingerprint density at radius 3 is 2.10 bits per heavy atom. The lowest BCUT2D eigenvalue weighted by Gasteiger charge is -2.11. The zero-order valence-electron chi connectivity index (χ0n) is 29.2. The molecule has 4 amide bonds. The number of imidazole rings is 1. The van der Waals surface area contributed by atoms with Gasteiger partial charge in [-0.3, -0.25) is 19.2 Å². The molecular formula is C38H49N9O4. The van der Waals surface area contributed by atoms with Crippen LogP contribution in [0, 0.1) is 0 Å². The third-order valence-electron chi connectivity index (χ3n) is 8.24. The molecule has 0 spiro atoms. The first-order chi connectivity index (χ1) is 24.8. The van der Waals surface area contributed by atoms with Crippen LogP contribution in [0.4, 0.5) is 5.82 Å². The standard InChI is InChI=1S/C38H49N9O4/c1-2-3-16-31-46-36-37(29-14-8-9-15-30(29)45-38(36)40)47(31)22-11-10-21-41-32(48)19-20-33(49)43-25-35(51)44-26-34(50)42-24-28-13-7-5-4-6-12-27(23-39)17-18-28/h4-9,12-15,17-18H,2-3,10-11,16,19-26,39H2,1H3,(H2,40,45)(H,41,48)(H,42,50)(H,43,49)(H,44,51). The van der Waals surface area contributed by atoms with Crippen LogP contribution in [0.3, 0.4) is 0 Å². The summed E-state index contributed by atoms with van der Waals surface area (Å²) in [4.78, 5) is 58.5. The van der Waals surface area contributed by atoms with Gasteiger partial charge in [0.05, 0.1) is 24.1 Å². The number of hydrogen-bond acceptors (Lipinski definition) is 8. The highest BCUT2D eigenvalue weighted by atomic mass is 16.2. The van der Waals surface area contributed by atoms with Crippen LogP contribution in [0.1, 0.15) is 62.4 Å². The van der Waals surface area contributed by atoms with Crippen LogP contribution in [0.15, 0.2) is 72.8 Å². The lowest BCUT2D eigenvalue weighted by molar-refractivity contribution is -0.129. The smallest absolute Gasteiger partial charge is 0.239 e. The van der Waals surface area contributed by atoms with Crippen LogP contribution >= 0.6 is 0 Å². The van der Waals surface area contributed by atoms with Gasteiger partial charge in [-0.15, -0.1) is 0 Å². The molecule has 0 aliphatic heterocycles. The zero-order valence-corrected chi connectivity index (χ0v) is 29.2. The number of nitrogen functional groups attached to an aromatic ring is 1. The second-order valence-electron chi connectivity index (χ2n) is 12.2. The minimum absolute atomic E-state index is 0.000212. The van der Waals surface area contributed by atoms with Gasteiger partial charge in [0.25, 0.3) is 0 Å². The molecule has 13 nitrogen and oxygen atoms in total. The lowest BCUT2D eigenvalue weighted by atomic mass is 10.1. The molecular weight excluding hydrogens is 646 g/mol. The average molecular weight is 696 g/mol. The van der Waals surface area contributed by atoms with Crippen LogP contribution in [-0.2, 0) is 45.2 Å². The zero-order chi connectivity index (χ0) is 36.4. The Kier molecular flexibility index (Phi) is 15.1. The molecule has 8 N–H and O–H groups in total. The summed E-state index contributed by atoms with van der Waals surface area (Å²) >= 11 is 0. The molecule has 51 heavy (non-hydrogen) atoms. The number of rotatable bonds is 18. The second kappa shape index (κ2) is 20.2. The number of amides is 4. The molecule has 0 aliphatic rings. The van der Waals surface area contributed by atoms with Gasteiger partial charge in [-0.1, -0.05) is 80.1 Å². The Hall–Kier alpha value is -5.56. The number of anilines is 1. The maximum Gasteiger partial charge on any atom is 0.239 e. The molecule has 0 radical (unpaired) electrons. The summed E-state index contributed by atoms with van der Waals surface area (Å²) in [5.41, 5.74) is 16.4. The van der Waals surface area contributed by atoms with Crippen LogP contribution in [0.25, 0.3) is 21.9 Å². The van der Waals surface area contributed by atoms with E-state index in [2.05, 4.69) is 37.7 Å². The Bertz CT molecular complexity index is 1870. The van der Waals surface area contributed by atoms with Crippen molar-refractivity contribution < 1.29 is 19.2 Å². The van der Waals surface area contributed by atoms with Crippen molar-refractivity contribution in [2.24, 2.45) is 5.73 Å². The monoisotopic (exact) mass is 695 g/mol. The molecule has 0 bridgehead atoms. The lowest BCUT2D eigenvalue weighted by Crippen LogP contribution is -2.42.